The molecule has 7 heteroatoms. The fourth-order valence-corrected chi connectivity index (χ4v) is 7.38. The Labute approximate surface area is 311 Å². The number of halogens is 1. The summed E-state index contributed by atoms with van der Waals surface area (Å²) >= 11 is 0. The van der Waals surface area contributed by atoms with Gasteiger partial charge < -0.3 is 46.8 Å². The zero-order valence-corrected chi connectivity index (χ0v) is 33.3. The number of unbranched alkanes of at least 4 members (excludes halogenated alkanes) is 5. The minimum absolute atomic E-state index is 0. The van der Waals surface area contributed by atoms with Gasteiger partial charge in [-0.05, 0) is 74.1 Å². The van der Waals surface area contributed by atoms with Gasteiger partial charge in [0.1, 0.15) is 18.0 Å². The number of nitrogens with one attached hydrogen (secondary N) is 1. The van der Waals surface area contributed by atoms with Crippen molar-refractivity contribution in [2.45, 2.75) is 130 Å². The second-order valence-electron chi connectivity index (χ2n) is 14.4. The highest BCUT2D eigenvalue weighted by Crippen LogP contribution is 2.25. The predicted octanol–water partition coefficient (Wildman–Crippen LogP) is 6.05. The second kappa shape index (κ2) is 28.0. The number of quaternary nitrogens is 1. The largest absolute Gasteiger partial charge is 1.00 e. The number of para-hydroxylation sites is 2. The van der Waals surface area contributed by atoms with E-state index in [0.717, 1.165) is 93.5 Å². The van der Waals surface area contributed by atoms with Gasteiger partial charge in [0.15, 0.2) is 0 Å². The lowest BCUT2D eigenvalue weighted by atomic mass is 9.89. The second-order valence-corrected chi connectivity index (χ2v) is 14.4. The standard InChI is InChI=1S/C42H72N2O4.BrH/c1-5-9-19-36(7-3)33-40(34-39-22-14-16-24-42(39)47)43-26-32-48-31-18-12-11-17-27-44(29-30-45,35-37(8-4)20-10-6-2)28-25-38-21-13-15-23-41(38)46;/h13-16,21-24,36-37,40,43,45H,5-12,17-20,25-35H2,1-4H3,(H-,46,47);1H. The summed E-state index contributed by atoms with van der Waals surface area (Å²) in [5.74, 6) is 2.16. The molecule has 4 atom stereocenters. The lowest BCUT2D eigenvalue weighted by Gasteiger charge is -2.41. The Hall–Kier alpha value is -1.64. The Morgan fingerprint density at radius 2 is 1.31 bits per heavy atom. The first kappa shape index (κ1) is 45.4. The molecule has 0 aliphatic heterocycles. The van der Waals surface area contributed by atoms with Gasteiger partial charge in [-0.15, -0.1) is 0 Å². The SMILES string of the molecule is CCCCC(CC)CC(Cc1ccccc1O)NCCOCCCCCC[N+](CCO)(CCc1ccccc1O)CC(CC)CCCC.[Br-]. The predicted molar refractivity (Wildman–Crippen MR) is 203 cm³/mol. The molecule has 0 heterocycles. The third-order valence-electron chi connectivity index (χ3n) is 10.6. The number of hydrogen-bond donors (Lipinski definition) is 4. The summed E-state index contributed by atoms with van der Waals surface area (Å²) in [6, 6.07) is 15.8. The molecule has 0 fully saturated rings. The van der Waals surface area contributed by atoms with Crippen LogP contribution in [0.4, 0.5) is 0 Å². The Morgan fingerprint density at radius 3 is 1.92 bits per heavy atom. The van der Waals surface area contributed by atoms with E-state index in [9.17, 15) is 15.3 Å². The molecule has 6 nitrogen and oxygen atoms in total. The number of ether oxygens (including phenoxy) is 1. The molecule has 2 rings (SSSR count). The van der Waals surface area contributed by atoms with Crippen LogP contribution in [0.1, 0.15) is 122 Å². The molecule has 0 spiro atoms. The number of hydrogen-bond acceptors (Lipinski definition) is 5. The zero-order valence-electron chi connectivity index (χ0n) is 31.7. The van der Waals surface area contributed by atoms with E-state index in [0.29, 0.717) is 36.0 Å². The third kappa shape index (κ3) is 19.0. The summed E-state index contributed by atoms with van der Waals surface area (Å²) in [7, 11) is 0. The molecule has 0 saturated carbocycles. The third-order valence-corrected chi connectivity index (χ3v) is 10.6. The summed E-state index contributed by atoms with van der Waals surface area (Å²) < 4.78 is 7.01. The van der Waals surface area contributed by atoms with Crippen LogP contribution in [-0.4, -0.2) is 78.4 Å². The van der Waals surface area contributed by atoms with Gasteiger partial charge in [-0.1, -0.05) is 109 Å². The minimum atomic E-state index is 0. The van der Waals surface area contributed by atoms with E-state index in [2.05, 4.69) is 33.0 Å². The summed E-state index contributed by atoms with van der Waals surface area (Å²) in [4.78, 5) is 0. The smallest absolute Gasteiger partial charge is 0.118 e. The number of aliphatic hydroxyl groups is 1. The Kier molecular flexibility index (Phi) is 25.9. The molecule has 0 saturated heterocycles. The van der Waals surface area contributed by atoms with Crippen molar-refractivity contribution in [1.82, 2.24) is 5.32 Å². The van der Waals surface area contributed by atoms with Crippen molar-refractivity contribution < 1.29 is 41.5 Å². The maximum absolute atomic E-state index is 10.4. The van der Waals surface area contributed by atoms with E-state index in [4.69, 9.17) is 4.74 Å². The minimum Gasteiger partial charge on any atom is -1.00 e. The average molecular weight is 750 g/mol. The van der Waals surface area contributed by atoms with Gasteiger partial charge in [-0.2, -0.15) is 0 Å². The molecule has 0 aromatic heterocycles. The summed E-state index contributed by atoms with van der Waals surface area (Å²) in [6.07, 6.45) is 17.3. The van der Waals surface area contributed by atoms with Gasteiger partial charge in [0, 0.05) is 31.5 Å². The van der Waals surface area contributed by atoms with Crippen LogP contribution in [0.3, 0.4) is 0 Å². The van der Waals surface area contributed by atoms with E-state index in [1.54, 1.807) is 12.1 Å². The molecule has 4 unspecified atom stereocenters. The van der Waals surface area contributed by atoms with Crippen molar-refractivity contribution in [1.29, 1.82) is 0 Å². The molecular formula is C42H73BrN2O4. The number of rotatable bonds is 30. The van der Waals surface area contributed by atoms with E-state index < -0.39 is 0 Å². The number of nitrogens with zero attached hydrogens (tertiary/aromatic N) is 1. The highest BCUT2D eigenvalue weighted by atomic mass is 79.9. The van der Waals surface area contributed by atoms with Gasteiger partial charge >= 0.3 is 0 Å². The van der Waals surface area contributed by atoms with Crippen molar-refractivity contribution in [3.05, 3.63) is 59.7 Å². The first-order chi connectivity index (χ1) is 23.4. The molecule has 0 bridgehead atoms. The van der Waals surface area contributed by atoms with Crippen LogP contribution in [0.25, 0.3) is 0 Å². The molecule has 49 heavy (non-hydrogen) atoms. The van der Waals surface area contributed by atoms with Crippen molar-refractivity contribution in [2.24, 2.45) is 11.8 Å². The number of benzene rings is 2. The normalized spacial score (nSPS) is 14.6. The van der Waals surface area contributed by atoms with E-state index in [-0.39, 0.29) is 23.6 Å². The Bertz CT molecular complexity index is 1070. The molecule has 0 aliphatic rings. The molecule has 282 valence electrons. The number of aromatic hydroxyl groups is 2. The number of aliphatic hydroxyl groups excluding tert-OH is 1. The topological polar surface area (TPSA) is 82.0 Å². The van der Waals surface area contributed by atoms with Gasteiger partial charge in [0.2, 0.25) is 0 Å². The molecule has 0 aliphatic carbocycles. The first-order valence-electron chi connectivity index (χ1n) is 19.7. The molecule has 4 N–H and O–H groups in total. The average Bonchev–Trinajstić information content (AvgIpc) is 3.09. The van der Waals surface area contributed by atoms with Crippen molar-refractivity contribution in [2.75, 3.05) is 52.5 Å². The van der Waals surface area contributed by atoms with Crippen LogP contribution in [0.5, 0.6) is 11.5 Å². The summed E-state index contributed by atoms with van der Waals surface area (Å²) in [5, 5.41) is 34.7. The molecule has 0 amide bonds. The molecule has 2 aromatic rings. The highest BCUT2D eigenvalue weighted by molar-refractivity contribution is 5.32. The summed E-state index contributed by atoms with van der Waals surface area (Å²) in [6.45, 7) is 15.6. The number of phenols is 2. The maximum Gasteiger partial charge on any atom is 0.118 e. The van der Waals surface area contributed by atoms with Crippen LogP contribution in [0.15, 0.2) is 48.5 Å². The number of phenolic OH excluding ortho intramolecular Hbond substituents is 2. The van der Waals surface area contributed by atoms with Gasteiger partial charge in [0.25, 0.3) is 0 Å². The van der Waals surface area contributed by atoms with Gasteiger partial charge in [-0.25, -0.2) is 0 Å². The maximum atomic E-state index is 10.4. The Morgan fingerprint density at radius 1 is 0.694 bits per heavy atom. The van der Waals surface area contributed by atoms with E-state index in [1.165, 1.54) is 57.8 Å². The molecule has 0 radical (unpaired) electrons. The van der Waals surface area contributed by atoms with Gasteiger partial charge in [-0.3, -0.25) is 0 Å². The quantitative estimate of drug-likeness (QED) is 0.0578. The van der Waals surface area contributed by atoms with Crippen LogP contribution >= 0.6 is 0 Å². The lowest BCUT2D eigenvalue weighted by Crippen LogP contribution is -3.00. The van der Waals surface area contributed by atoms with E-state index >= 15 is 0 Å². The first-order valence-corrected chi connectivity index (χ1v) is 19.7. The van der Waals surface area contributed by atoms with Gasteiger partial charge in [0.05, 0.1) is 32.8 Å². The molecular weight excluding hydrogens is 676 g/mol. The molecule has 2 aromatic carbocycles. The zero-order chi connectivity index (χ0) is 34.9. The van der Waals surface area contributed by atoms with Crippen LogP contribution in [0.2, 0.25) is 0 Å². The van der Waals surface area contributed by atoms with Crippen molar-refractivity contribution in [3.8, 4) is 11.5 Å². The Balaban J connectivity index is 0.0000120. The monoisotopic (exact) mass is 748 g/mol. The highest BCUT2D eigenvalue weighted by Gasteiger charge is 2.30. The van der Waals surface area contributed by atoms with Crippen LogP contribution in [0, 0.1) is 11.8 Å². The summed E-state index contributed by atoms with van der Waals surface area (Å²) in [5.41, 5.74) is 2.03. The fraction of sp³-hybridized carbons (Fsp3) is 0.714. The van der Waals surface area contributed by atoms with Crippen molar-refractivity contribution in [3.63, 3.8) is 0 Å². The van der Waals surface area contributed by atoms with Crippen LogP contribution in [-0.2, 0) is 17.6 Å². The van der Waals surface area contributed by atoms with Crippen LogP contribution < -0.4 is 22.3 Å². The van der Waals surface area contributed by atoms with E-state index in [1.807, 2.05) is 36.4 Å². The lowest BCUT2D eigenvalue weighted by molar-refractivity contribution is -0.931. The fourth-order valence-electron chi connectivity index (χ4n) is 7.38. The van der Waals surface area contributed by atoms with Crippen molar-refractivity contribution >= 4 is 0 Å².